The van der Waals surface area contributed by atoms with E-state index in [2.05, 4.69) is 9.71 Å². The number of aromatic amines is 1. The SMILES string of the molecule is CC(NS(=O)(=O)c1ccc(=O)[nH]c1)c1ccc(Cl)cc1. The Labute approximate surface area is 121 Å². The van der Waals surface area contributed by atoms with Crippen LogP contribution in [-0.2, 0) is 10.0 Å². The highest BCUT2D eigenvalue weighted by atomic mass is 35.5. The second-order valence-corrected chi connectivity index (χ2v) is 6.43. The van der Waals surface area contributed by atoms with E-state index in [-0.39, 0.29) is 10.5 Å². The van der Waals surface area contributed by atoms with Crippen LogP contribution in [0.25, 0.3) is 0 Å². The fourth-order valence-corrected chi connectivity index (χ4v) is 3.01. The standard InChI is InChI=1S/C13H13ClN2O3S/c1-9(10-2-4-11(14)5-3-10)16-20(18,19)12-6-7-13(17)15-8-12/h2-9,16H,1H3,(H,15,17). The van der Waals surface area contributed by atoms with Crippen LogP contribution >= 0.6 is 11.6 Å². The molecule has 0 saturated carbocycles. The highest BCUT2D eigenvalue weighted by molar-refractivity contribution is 7.89. The summed E-state index contributed by atoms with van der Waals surface area (Å²) >= 11 is 5.79. The van der Waals surface area contributed by atoms with Crippen LogP contribution in [0.1, 0.15) is 18.5 Å². The molecule has 1 aromatic heterocycles. The van der Waals surface area contributed by atoms with Gasteiger partial charge in [0.2, 0.25) is 15.6 Å². The lowest BCUT2D eigenvalue weighted by Gasteiger charge is -2.14. The minimum atomic E-state index is -3.69. The van der Waals surface area contributed by atoms with Gasteiger partial charge in [0.05, 0.1) is 4.90 Å². The predicted octanol–water partition coefficient (Wildman–Crippen LogP) is 2.07. The fraction of sp³-hybridized carbons (Fsp3) is 0.154. The highest BCUT2D eigenvalue weighted by Gasteiger charge is 2.18. The lowest BCUT2D eigenvalue weighted by atomic mass is 10.1. The number of benzene rings is 1. The first-order valence-electron chi connectivity index (χ1n) is 5.85. The average molecular weight is 313 g/mol. The Morgan fingerprint density at radius 3 is 2.35 bits per heavy atom. The molecule has 20 heavy (non-hydrogen) atoms. The van der Waals surface area contributed by atoms with Gasteiger partial charge in [0.1, 0.15) is 0 Å². The van der Waals surface area contributed by atoms with Crippen molar-refractivity contribution in [1.82, 2.24) is 9.71 Å². The number of hydrogen-bond acceptors (Lipinski definition) is 3. The second-order valence-electron chi connectivity index (χ2n) is 4.28. The molecule has 0 fully saturated rings. The van der Waals surface area contributed by atoms with E-state index < -0.39 is 16.1 Å². The van der Waals surface area contributed by atoms with E-state index in [0.29, 0.717) is 5.02 Å². The van der Waals surface area contributed by atoms with Crippen molar-refractivity contribution in [3.05, 3.63) is 63.5 Å². The van der Waals surface area contributed by atoms with Gasteiger partial charge in [0.15, 0.2) is 0 Å². The summed E-state index contributed by atoms with van der Waals surface area (Å²) in [4.78, 5) is 13.3. The van der Waals surface area contributed by atoms with E-state index in [1.54, 1.807) is 31.2 Å². The Balaban J connectivity index is 2.21. The molecular formula is C13H13ClN2O3S. The molecule has 7 heteroatoms. The van der Waals surface area contributed by atoms with E-state index in [1.165, 1.54) is 18.3 Å². The molecule has 1 atom stereocenters. The molecule has 2 aromatic rings. The first kappa shape index (κ1) is 14.8. The molecule has 0 aliphatic heterocycles. The van der Waals surface area contributed by atoms with Crippen LogP contribution in [0.15, 0.2) is 52.3 Å². The van der Waals surface area contributed by atoms with E-state index in [1.807, 2.05) is 0 Å². The molecule has 0 saturated heterocycles. The van der Waals surface area contributed by atoms with Gasteiger partial charge >= 0.3 is 0 Å². The van der Waals surface area contributed by atoms with Crippen LogP contribution in [0, 0.1) is 0 Å². The highest BCUT2D eigenvalue weighted by Crippen LogP contribution is 2.18. The van der Waals surface area contributed by atoms with Crippen molar-refractivity contribution in [2.24, 2.45) is 0 Å². The van der Waals surface area contributed by atoms with Gasteiger partial charge in [-0.1, -0.05) is 23.7 Å². The summed E-state index contributed by atoms with van der Waals surface area (Å²) in [5.74, 6) is 0. The number of hydrogen-bond donors (Lipinski definition) is 2. The molecular weight excluding hydrogens is 300 g/mol. The van der Waals surface area contributed by atoms with Crippen molar-refractivity contribution in [3.8, 4) is 0 Å². The molecule has 0 spiro atoms. The molecule has 1 aromatic carbocycles. The average Bonchev–Trinajstić information content (AvgIpc) is 2.39. The third-order valence-electron chi connectivity index (χ3n) is 2.77. The molecule has 5 nitrogen and oxygen atoms in total. The smallest absolute Gasteiger partial charge is 0.247 e. The van der Waals surface area contributed by atoms with E-state index in [9.17, 15) is 13.2 Å². The molecule has 0 radical (unpaired) electrons. The topological polar surface area (TPSA) is 79.0 Å². The number of aromatic nitrogens is 1. The number of H-pyrrole nitrogens is 1. The van der Waals surface area contributed by atoms with Crippen molar-refractivity contribution in [2.75, 3.05) is 0 Å². The molecule has 2 N–H and O–H groups in total. The Kier molecular flexibility index (Phi) is 4.27. The van der Waals surface area contributed by atoms with Gasteiger partial charge in [-0.25, -0.2) is 13.1 Å². The lowest BCUT2D eigenvalue weighted by molar-refractivity contribution is 0.566. The largest absolute Gasteiger partial charge is 0.328 e. The fourth-order valence-electron chi connectivity index (χ4n) is 1.68. The summed E-state index contributed by atoms with van der Waals surface area (Å²) in [7, 11) is -3.69. The zero-order chi connectivity index (χ0) is 14.8. The van der Waals surface area contributed by atoms with Crippen LogP contribution < -0.4 is 10.3 Å². The third kappa shape index (κ3) is 3.47. The van der Waals surface area contributed by atoms with Gasteiger partial charge in [-0.2, -0.15) is 0 Å². The van der Waals surface area contributed by atoms with Gasteiger partial charge in [-0.15, -0.1) is 0 Å². The zero-order valence-corrected chi connectivity index (χ0v) is 12.2. The van der Waals surface area contributed by atoms with Gasteiger partial charge in [-0.05, 0) is 30.7 Å². The maximum atomic E-state index is 12.1. The Morgan fingerprint density at radius 1 is 1.15 bits per heavy atom. The van der Waals surface area contributed by atoms with Crippen molar-refractivity contribution >= 4 is 21.6 Å². The molecule has 0 amide bonds. The molecule has 1 unspecified atom stereocenters. The maximum absolute atomic E-state index is 12.1. The minimum Gasteiger partial charge on any atom is -0.328 e. The van der Waals surface area contributed by atoms with Crippen LogP contribution in [0.4, 0.5) is 0 Å². The molecule has 106 valence electrons. The van der Waals surface area contributed by atoms with Crippen LogP contribution in [0.2, 0.25) is 5.02 Å². The summed E-state index contributed by atoms with van der Waals surface area (Å²) in [6.45, 7) is 1.73. The molecule has 0 bridgehead atoms. The molecule has 2 rings (SSSR count). The molecule has 1 heterocycles. The number of rotatable bonds is 4. The van der Waals surface area contributed by atoms with Crippen molar-refractivity contribution in [1.29, 1.82) is 0 Å². The Morgan fingerprint density at radius 2 is 1.80 bits per heavy atom. The second kappa shape index (κ2) is 5.78. The van der Waals surface area contributed by atoms with Gasteiger partial charge in [0.25, 0.3) is 0 Å². The van der Waals surface area contributed by atoms with Crippen molar-refractivity contribution in [3.63, 3.8) is 0 Å². The quantitative estimate of drug-likeness (QED) is 0.907. The van der Waals surface area contributed by atoms with Crippen LogP contribution in [0.5, 0.6) is 0 Å². The van der Waals surface area contributed by atoms with Crippen LogP contribution in [0.3, 0.4) is 0 Å². The van der Waals surface area contributed by atoms with Gasteiger partial charge in [0, 0.05) is 23.3 Å². The Bertz CT molecular complexity index is 733. The minimum absolute atomic E-state index is 0.0120. The summed E-state index contributed by atoms with van der Waals surface area (Å²) in [5, 5.41) is 0.587. The third-order valence-corrected chi connectivity index (χ3v) is 4.56. The summed E-state index contributed by atoms with van der Waals surface area (Å²) < 4.78 is 26.8. The predicted molar refractivity (Wildman–Crippen MR) is 77.3 cm³/mol. The molecule has 0 aliphatic carbocycles. The van der Waals surface area contributed by atoms with Crippen LogP contribution in [-0.4, -0.2) is 13.4 Å². The summed E-state index contributed by atoms with van der Waals surface area (Å²) in [6.07, 6.45) is 1.17. The number of halogens is 1. The van der Waals surface area contributed by atoms with Crippen molar-refractivity contribution in [2.45, 2.75) is 17.9 Å². The zero-order valence-electron chi connectivity index (χ0n) is 10.6. The van der Waals surface area contributed by atoms with Gasteiger partial charge in [-0.3, -0.25) is 4.79 Å². The number of pyridine rings is 1. The number of sulfonamides is 1. The maximum Gasteiger partial charge on any atom is 0.247 e. The molecule has 0 aliphatic rings. The first-order valence-corrected chi connectivity index (χ1v) is 7.71. The monoisotopic (exact) mass is 312 g/mol. The van der Waals surface area contributed by atoms with E-state index in [4.69, 9.17) is 11.6 Å². The first-order chi connectivity index (χ1) is 9.38. The van der Waals surface area contributed by atoms with Crippen molar-refractivity contribution < 1.29 is 8.42 Å². The normalized spacial score (nSPS) is 13.1. The van der Waals surface area contributed by atoms with Gasteiger partial charge < -0.3 is 4.98 Å². The summed E-state index contributed by atoms with van der Waals surface area (Å²) in [5.41, 5.74) is 0.442. The summed E-state index contributed by atoms with van der Waals surface area (Å²) in [6, 6.07) is 8.91. The number of nitrogens with one attached hydrogen (secondary N) is 2. The van der Waals surface area contributed by atoms with E-state index in [0.717, 1.165) is 5.56 Å². The Hall–Kier alpha value is -1.63. The lowest BCUT2D eigenvalue weighted by Crippen LogP contribution is -2.27. The van der Waals surface area contributed by atoms with E-state index >= 15 is 0 Å².